The summed E-state index contributed by atoms with van der Waals surface area (Å²) in [5.41, 5.74) is 0.0305. The van der Waals surface area contributed by atoms with E-state index in [0.717, 1.165) is 38.5 Å². The molecule has 0 amide bonds. The maximum Gasteiger partial charge on any atom is 0.303 e. The molecule has 0 bridgehead atoms. The summed E-state index contributed by atoms with van der Waals surface area (Å²) in [6.45, 7) is 6.69. The Morgan fingerprint density at radius 2 is 1.57 bits per heavy atom. The number of aliphatic hydroxyl groups is 3. The first kappa shape index (κ1) is 20.6. The zero-order valence-corrected chi connectivity index (χ0v) is 17.6. The van der Waals surface area contributed by atoms with Gasteiger partial charge < -0.3 is 20.4 Å². The molecule has 0 unspecified atom stereocenters. The van der Waals surface area contributed by atoms with Crippen LogP contribution in [0.4, 0.5) is 0 Å². The van der Waals surface area contributed by atoms with E-state index < -0.39 is 18.2 Å². The van der Waals surface area contributed by atoms with E-state index in [0.29, 0.717) is 24.2 Å². The van der Waals surface area contributed by atoms with Crippen molar-refractivity contribution in [3.8, 4) is 0 Å². The summed E-state index contributed by atoms with van der Waals surface area (Å²) in [7, 11) is 0. The van der Waals surface area contributed by atoms with Crippen molar-refractivity contribution in [2.45, 2.75) is 90.4 Å². The third kappa shape index (κ3) is 2.87. The second-order valence-corrected chi connectivity index (χ2v) is 11.1. The Morgan fingerprint density at radius 1 is 0.929 bits per heavy atom. The van der Waals surface area contributed by atoms with Gasteiger partial charge in [-0.3, -0.25) is 4.79 Å². The minimum absolute atomic E-state index is 0.0192. The molecule has 4 aliphatic rings. The van der Waals surface area contributed by atoms with Crippen molar-refractivity contribution in [2.75, 3.05) is 0 Å². The molecule has 4 rings (SSSR count). The Labute approximate surface area is 168 Å². The van der Waals surface area contributed by atoms with Crippen LogP contribution in [0.1, 0.15) is 72.1 Å². The lowest BCUT2D eigenvalue weighted by Crippen LogP contribution is -2.64. The molecule has 4 saturated carbocycles. The number of hydrogen-bond acceptors (Lipinski definition) is 4. The topological polar surface area (TPSA) is 98.0 Å². The van der Waals surface area contributed by atoms with Crippen molar-refractivity contribution in [1.82, 2.24) is 0 Å². The highest BCUT2D eigenvalue weighted by atomic mass is 16.4. The minimum atomic E-state index is -0.765. The Kier molecular flexibility index (Phi) is 5.12. The average molecular weight is 395 g/mol. The number of carbonyl (C=O) groups is 1. The molecule has 0 heterocycles. The monoisotopic (exact) mass is 394 g/mol. The third-order valence-electron chi connectivity index (χ3n) is 9.98. The number of aliphatic carboxylic acids is 1. The van der Waals surface area contributed by atoms with Crippen LogP contribution in [-0.4, -0.2) is 44.7 Å². The predicted octanol–water partition coefficient (Wildman–Crippen LogP) is 3.06. The summed E-state index contributed by atoms with van der Waals surface area (Å²) in [4.78, 5) is 11.3. The molecule has 0 radical (unpaired) electrons. The Balaban J connectivity index is 1.64. The lowest BCUT2D eigenvalue weighted by molar-refractivity contribution is -0.223. The molecule has 0 aromatic rings. The maximum absolute atomic E-state index is 11.3. The molecule has 4 N–H and O–H groups in total. The molecule has 4 aliphatic carbocycles. The zero-order valence-electron chi connectivity index (χ0n) is 17.6. The van der Waals surface area contributed by atoms with E-state index in [1.54, 1.807) is 0 Å². The van der Waals surface area contributed by atoms with Crippen LogP contribution in [-0.2, 0) is 4.79 Å². The van der Waals surface area contributed by atoms with Gasteiger partial charge >= 0.3 is 5.97 Å². The lowest BCUT2D eigenvalue weighted by atomic mass is 9.43. The normalized spacial score (nSPS) is 54.4. The number of carboxylic acids is 1. The van der Waals surface area contributed by atoms with Crippen LogP contribution in [0.5, 0.6) is 0 Å². The van der Waals surface area contributed by atoms with Gasteiger partial charge in [-0.15, -0.1) is 0 Å². The summed E-state index contributed by atoms with van der Waals surface area (Å²) in [5, 5.41) is 41.7. The average Bonchev–Trinajstić information content (AvgIpc) is 2.97. The summed E-state index contributed by atoms with van der Waals surface area (Å²) in [6.07, 6.45) is 4.85. The molecule has 0 saturated heterocycles. The number of aliphatic hydroxyl groups excluding tert-OH is 3. The van der Waals surface area contributed by atoms with E-state index >= 15 is 0 Å². The second-order valence-electron chi connectivity index (χ2n) is 11.1. The van der Waals surface area contributed by atoms with Crippen LogP contribution < -0.4 is 0 Å². The van der Waals surface area contributed by atoms with E-state index in [-0.39, 0.29) is 41.1 Å². The van der Waals surface area contributed by atoms with Crippen molar-refractivity contribution in [3.63, 3.8) is 0 Å². The Morgan fingerprint density at radius 3 is 2.25 bits per heavy atom. The number of rotatable bonds is 3. The maximum atomic E-state index is 11.3. The van der Waals surface area contributed by atoms with Crippen LogP contribution in [0.2, 0.25) is 0 Å². The van der Waals surface area contributed by atoms with Gasteiger partial charge in [0.2, 0.25) is 0 Å². The largest absolute Gasteiger partial charge is 0.481 e. The first-order valence-electron chi connectivity index (χ1n) is 11.4. The van der Waals surface area contributed by atoms with Crippen molar-refractivity contribution in [2.24, 2.45) is 46.3 Å². The SMILES string of the molecule is C[C@H](CC(=O)O)[C@H]1CC[C@H]2[C@@H]3[C@H](O)[C@H](O)[C@@H]4C[C@H](O)CC[C@]4(C)[C@H]3CC[C@]12C. The van der Waals surface area contributed by atoms with Gasteiger partial charge in [0.25, 0.3) is 0 Å². The molecule has 11 atom stereocenters. The predicted molar refractivity (Wildman–Crippen MR) is 105 cm³/mol. The minimum Gasteiger partial charge on any atom is -0.481 e. The van der Waals surface area contributed by atoms with Crippen molar-refractivity contribution in [1.29, 1.82) is 0 Å². The molecule has 28 heavy (non-hydrogen) atoms. The van der Waals surface area contributed by atoms with Crippen LogP contribution >= 0.6 is 0 Å². The quantitative estimate of drug-likeness (QED) is 0.590. The Bertz CT molecular complexity index is 622. The fourth-order valence-electron chi connectivity index (χ4n) is 8.63. The fourth-order valence-corrected chi connectivity index (χ4v) is 8.63. The number of fused-ring (bicyclic) bond motifs is 5. The van der Waals surface area contributed by atoms with Crippen molar-refractivity contribution in [3.05, 3.63) is 0 Å². The zero-order chi connectivity index (χ0) is 20.4. The van der Waals surface area contributed by atoms with Gasteiger partial charge in [0.05, 0.1) is 18.3 Å². The molecular formula is C23H38O5. The summed E-state index contributed by atoms with van der Waals surface area (Å²) < 4.78 is 0. The van der Waals surface area contributed by atoms with Gasteiger partial charge in [0, 0.05) is 6.42 Å². The molecule has 0 aromatic carbocycles. The molecule has 0 aliphatic heterocycles. The van der Waals surface area contributed by atoms with Crippen molar-refractivity contribution >= 4 is 5.97 Å². The van der Waals surface area contributed by atoms with Crippen LogP contribution in [0.3, 0.4) is 0 Å². The van der Waals surface area contributed by atoms with Gasteiger partial charge in [-0.05, 0) is 91.3 Å². The highest BCUT2D eigenvalue weighted by Crippen LogP contribution is 2.68. The van der Waals surface area contributed by atoms with E-state index in [2.05, 4.69) is 20.8 Å². The smallest absolute Gasteiger partial charge is 0.303 e. The Hall–Kier alpha value is -0.650. The van der Waals surface area contributed by atoms with E-state index in [1.807, 2.05) is 0 Å². The second kappa shape index (κ2) is 6.95. The lowest BCUT2D eigenvalue weighted by Gasteiger charge is -2.63. The molecule has 4 fully saturated rings. The van der Waals surface area contributed by atoms with Crippen LogP contribution in [0, 0.1) is 46.3 Å². The molecule has 5 heteroatoms. The molecule has 160 valence electrons. The van der Waals surface area contributed by atoms with Gasteiger partial charge in [-0.25, -0.2) is 0 Å². The highest BCUT2D eigenvalue weighted by molar-refractivity contribution is 5.67. The van der Waals surface area contributed by atoms with Gasteiger partial charge in [-0.2, -0.15) is 0 Å². The molecule has 5 nitrogen and oxygen atoms in total. The third-order valence-corrected chi connectivity index (χ3v) is 9.98. The highest BCUT2D eigenvalue weighted by Gasteiger charge is 2.65. The summed E-state index contributed by atoms with van der Waals surface area (Å²) in [5.74, 6) is 0.585. The number of hydrogen-bond donors (Lipinski definition) is 4. The van der Waals surface area contributed by atoms with Crippen molar-refractivity contribution < 1.29 is 25.2 Å². The van der Waals surface area contributed by atoms with Gasteiger partial charge in [0.1, 0.15) is 0 Å². The standard InChI is InChI=1S/C23H38O5/c1-12(10-18(25)26)14-4-5-15-19-16(7-9-22(14,15)2)23(3)8-6-13(24)11-17(23)20(27)21(19)28/h12-17,19-21,24,27-28H,4-11H2,1-3H3,(H,25,26)/t12-,13-,14-,15+,16+,17+,19+,20-,21+,22-,23-/m1/s1. The van der Waals surface area contributed by atoms with E-state index in [1.165, 1.54) is 0 Å². The number of carboxylic acid groups (broad SMARTS) is 1. The first-order valence-corrected chi connectivity index (χ1v) is 11.4. The van der Waals surface area contributed by atoms with E-state index in [4.69, 9.17) is 0 Å². The van der Waals surface area contributed by atoms with Gasteiger partial charge in [-0.1, -0.05) is 20.8 Å². The first-order chi connectivity index (χ1) is 13.1. The van der Waals surface area contributed by atoms with Crippen LogP contribution in [0.25, 0.3) is 0 Å². The summed E-state index contributed by atoms with van der Waals surface area (Å²) >= 11 is 0. The summed E-state index contributed by atoms with van der Waals surface area (Å²) in [6, 6.07) is 0. The van der Waals surface area contributed by atoms with Gasteiger partial charge in [0.15, 0.2) is 0 Å². The fraction of sp³-hybridized carbons (Fsp3) is 0.957. The van der Waals surface area contributed by atoms with Crippen LogP contribution in [0.15, 0.2) is 0 Å². The molecule has 0 aromatic heterocycles. The van der Waals surface area contributed by atoms with E-state index in [9.17, 15) is 25.2 Å². The molecule has 0 spiro atoms. The molecular weight excluding hydrogens is 356 g/mol.